The van der Waals surface area contributed by atoms with Gasteiger partial charge in [0.05, 0.1) is 12.7 Å². The van der Waals surface area contributed by atoms with E-state index in [1.165, 1.54) is 0 Å². The van der Waals surface area contributed by atoms with Crippen LogP contribution in [0, 0.1) is 0 Å². The van der Waals surface area contributed by atoms with Gasteiger partial charge in [-0.15, -0.1) is 0 Å². The van der Waals surface area contributed by atoms with Crippen molar-refractivity contribution in [2.75, 3.05) is 6.61 Å². The van der Waals surface area contributed by atoms with E-state index < -0.39 is 8.32 Å². The number of rotatable bonds is 5. The van der Waals surface area contributed by atoms with Gasteiger partial charge < -0.3 is 9.53 Å². The fraction of sp³-hybridized carbons (Fsp3) is 1.00. The third-order valence-electron chi connectivity index (χ3n) is 3.06. The standard InChI is InChI=1S/C11H26O2Si/c1-7-8-10(12)9-13-14(5,6)11(2,3)4/h10,12H,7-9H2,1-6H3. The molecule has 0 fully saturated rings. The van der Waals surface area contributed by atoms with Crippen LogP contribution < -0.4 is 0 Å². The second-order valence-electron chi connectivity index (χ2n) is 5.51. The molecule has 3 heteroatoms. The highest BCUT2D eigenvalue weighted by Gasteiger charge is 2.37. The van der Waals surface area contributed by atoms with Gasteiger partial charge in [0.25, 0.3) is 0 Å². The molecule has 0 aromatic carbocycles. The molecule has 1 unspecified atom stereocenters. The maximum Gasteiger partial charge on any atom is 0.192 e. The van der Waals surface area contributed by atoms with Gasteiger partial charge in [0.2, 0.25) is 0 Å². The molecule has 0 aromatic rings. The first kappa shape index (κ1) is 14.1. The summed E-state index contributed by atoms with van der Waals surface area (Å²) in [5.74, 6) is 0. The van der Waals surface area contributed by atoms with Crippen LogP contribution in [-0.4, -0.2) is 26.1 Å². The van der Waals surface area contributed by atoms with E-state index in [0.717, 1.165) is 12.8 Å². The lowest BCUT2D eigenvalue weighted by molar-refractivity contribution is 0.0923. The molecule has 0 saturated heterocycles. The average Bonchev–Trinajstić information content (AvgIpc) is 1.99. The molecular formula is C11H26O2Si. The molecule has 0 aliphatic carbocycles. The summed E-state index contributed by atoms with van der Waals surface area (Å²) < 4.78 is 5.90. The van der Waals surface area contributed by atoms with Crippen LogP contribution in [0.4, 0.5) is 0 Å². The Morgan fingerprint density at radius 1 is 1.29 bits per heavy atom. The summed E-state index contributed by atoms with van der Waals surface area (Å²) in [4.78, 5) is 0. The molecule has 0 saturated carbocycles. The van der Waals surface area contributed by atoms with Crippen LogP contribution in [0.1, 0.15) is 40.5 Å². The first-order valence-corrected chi connectivity index (χ1v) is 8.43. The van der Waals surface area contributed by atoms with Crippen molar-refractivity contribution in [1.29, 1.82) is 0 Å². The van der Waals surface area contributed by atoms with Crippen LogP contribution in [0.15, 0.2) is 0 Å². The number of aliphatic hydroxyl groups excluding tert-OH is 1. The molecule has 0 aromatic heterocycles. The molecule has 0 aliphatic rings. The quantitative estimate of drug-likeness (QED) is 0.718. The molecule has 0 radical (unpaired) electrons. The van der Waals surface area contributed by atoms with E-state index in [0.29, 0.717) is 6.61 Å². The zero-order chi connectivity index (χ0) is 11.4. The minimum absolute atomic E-state index is 0.235. The van der Waals surface area contributed by atoms with Crippen molar-refractivity contribution in [2.24, 2.45) is 0 Å². The van der Waals surface area contributed by atoms with Crippen molar-refractivity contribution >= 4 is 8.32 Å². The lowest BCUT2D eigenvalue weighted by Crippen LogP contribution is -2.42. The summed E-state index contributed by atoms with van der Waals surface area (Å²) in [7, 11) is -1.66. The van der Waals surface area contributed by atoms with Gasteiger partial charge in [-0.1, -0.05) is 34.1 Å². The third-order valence-corrected chi connectivity index (χ3v) is 7.57. The minimum Gasteiger partial charge on any atom is -0.414 e. The zero-order valence-corrected chi connectivity index (χ0v) is 11.6. The molecule has 0 rings (SSSR count). The zero-order valence-electron chi connectivity index (χ0n) is 10.6. The van der Waals surface area contributed by atoms with Gasteiger partial charge in [0, 0.05) is 0 Å². The Balaban J connectivity index is 3.99. The predicted octanol–water partition coefficient (Wildman–Crippen LogP) is 3.17. The average molecular weight is 218 g/mol. The van der Waals surface area contributed by atoms with Crippen LogP contribution in [-0.2, 0) is 4.43 Å². The van der Waals surface area contributed by atoms with Crippen LogP contribution in [0.2, 0.25) is 18.1 Å². The Bertz CT molecular complexity index is 161. The molecular weight excluding hydrogens is 192 g/mol. The molecule has 0 bridgehead atoms. The van der Waals surface area contributed by atoms with E-state index in [-0.39, 0.29) is 11.1 Å². The Morgan fingerprint density at radius 3 is 2.14 bits per heavy atom. The lowest BCUT2D eigenvalue weighted by Gasteiger charge is -2.36. The van der Waals surface area contributed by atoms with E-state index in [9.17, 15) is 5.11 Å². The molecule has 1 atom stereocenters. The maximum atomic E-state index is 9.58. The molecule has 86 valence electrons. The van der Waals surface area contributed by atoms with Crippen molar-refractivity contribution in [3.63, 3.8) is 0 Å². The molecule has 0 spiro atoms. The first-order chi connectivity index (χ1) is 6.20. The maximum absolute atomic E-state index is 9.58. The highest BCUT2D eigenvalue weighted by atomic mass is 28.4. The summed E-state index contributed by atoms with van der Waals surface area (Å²) >= 11 is 0. The third kappa shape index (κ3) is 4.58. The van der Waals surface area contributed by atoms with E-state index in [1.54, 1.807) is 0 Å². The monoisotopic (exact) mass is 218 g/mol. The molecule has 1 N–H and O–H groups in total. The van der Waals surface area contributed by atoms with Gasteiger partial charge >= 0.3 is 0 Å². The molecule has 0 amide bonds. The van der Waals surface area contributed by atoms with Gasteiger partial charge in [-0.2, -0.15) is 0 Å². The molecule has 14 heavy (non-hydrogen) atoms. The van der Waals surface area contributed by atoms with Crippen LogP contribution in [0.25, 0.3) is 0 Å². The van der Waals surface area contributed by atoms with Crippen molar-refractivity contribution in [3.05, 3.63) is 0 Å². The van der Waals surface area contributed by atoms with E-state index in [2.05, 4.69) is 40.8 Å². The summed E-state index contributed by atoms with van der Waals surface area (Å²) in [6, 6.07) is 0. The van der Waals surface area contributed by atoms with E-state index in [1.807, 2.05) is 0 Å². The number of hydrogen-bond donors (Lipinski definition) is 1. The fourth-order valence-electron chi connectivity index (χ4n) is 0.938. The molecule has 2 nitrogen and oxygen atoms in total. The highest BCUT2D eigenvalue weighted by Crippen LogP contribution is 2.36. The smallest absolute Gasteiger partial charge is 0.192 e. The molecule has 0 heterocycles. The van der Waals surface area contributed by atoms with Crippen molar-refractivity contribution in [1.82, 2.24) is 0 Å². The first-order valence-electron chi connectivity index (χ1n) is 5.52. The minimum atomic E-state index is -1.66. The van der Waals surface area contributed by atoms with Crippen molar-refractivity contribution < 1.29 is 9.53 Å². The van der Waals surface area contributed by atoms with Crippen LogP contribution >= 0.6 is 0 Å². The van der Waals surface area contributed by atoms with Gasteiger partial charge in [-0.05, 0) is 24.6 Å². The van der Waals surface area contributed by atoms with Gasteiger partial charge in [-0.3, -0.25) is 0 Å². The largest absolute Gasteiger partial charge is 0.414 e. The van der Waals surface area contributed by atoms with Gasteiger partial charge in [0.15, 0.2) is 8.32 Å². The Hall–Kier alpha value is 0.137. The fourth-order valence-corrected chi connectivity index (χ4v) is 1.98. The van der Waals surface area contributed by atoms with Crippen molar-refractivity contribution in [3.8, 4) is 0 Å². The number of hydrogen-bond acceptors (Lipinski definition) is 2. The van der Waals surface area contributed by atoms with Crippen molar-refractivity contribution in [2.45, 2.75) is 64.8 Å². The SMILES string of the molecule is CCCC(O)CO[Si](C)(C)C(C)(C)C. The number of aliphatic hydroxyl groups is 1. The summed E-state index contributed by atoms with van der Waals surface area (Å²) in [5.41, 5.74) is 0. The van der Waals surface area contributed by atoms with Crippen LogP contribution in [0.3, 0.4) is 0 Å². The Labute approximate surface area is 89.8 Å². The lowest BCUT2D eigenvalue weighted by atomic mass is 10.2. The molecule has 0 aliphatic heterocycles. The topological polar surface area (TPSA) is 29.5 Å². The normalized spacial score (nSPS) is 15.6. The van der Waals surface area contributed by atoms with E-state index >= 15 is 0 Å². The summed E-state index contributed by atoms with van der Waals surface area (Å²) in [6.45, 7) is 13.7. The Morgan fingerprint density at radius 2 is 1.79 bits per heavy atom. The second kappa shape index (κ2) is 5.28. The second-order valence-corrected chi connectivity index (χ2v) is 10.3. The van der Waals surface area contributed by atoms with Gasteiger partial charge in [-0.25, -0.2) is 0 Å². The Kier molecular flexibility index (Phi) is 5.34. The van der Waals surface area contributed by atoms with Gasteiger partial charge in [0.1, 0.15) is 0 Å². The predicted molar refractivity (Wildman–Crippen MR) is 64.1 cm³/mol. The van der Waals surface area contributed by atoms with E-state index in [4.69, 9.17) is 4.43 Å². The summed E-state index contributed by atoms with van der Waals surface area (Å²) in [6.07, 6.45) is 1.57. The summed E-state index contributed by atoms with van der Waals surface area (Å²) in [5, 5.41) is 9.81. The van der Waals surface area contributed by atoms with Crippen LogP contribution in [0.5, 0.6) is 0 Å². The highest BCUT2D eigenvalue weighted by molar-refractivity contribution is 6.74.